The minimum Gasteiger partial charge on any atom is -0.495 e. The van der Waals surface area contributed by atoms with Gasteiger partial charge >= 0.3 is 0 Å². The van der Waals surface area contributed by atoms with Crippen molar-refractivity contribution >= 4 is 41.1 Å². The van der Waals surface area contributed by atoms with Gasteiger partial charge in [0.25, 0.3) is 5.91 Å². The van der Waals surface area contributed by atoms with Crippen LogP contribution in [0.4, 0.5) is 5.82 Å². The van der Waals surface area contributed by atoms with Crippen LogP contribution in [0.3, 0.4) is 0 Å². The van der Waals surface area contributed by atoms with Gasteiger partial charge in [-0.05, 0) is 54.3 Å². The average molecular weight is 508 g/mol. The van der Waals surface area contributed by atoms with Gasteiger partial charge in [-0.1, -0.05) is 35.3 Å². The van der Waals surface area contributed by atoms with E-state index in [1.165, 1.54) is 18.0 Å². The third-order valence-corrected chi connectivity index (χ3v) is 6.03. The molecule has 34 heavy (non-hydrogen) atoms. The number of rotatable bonds is 7. The molecule has 0 spiro atoms. The molecular weight excluding hydrogens is 485 g/mol. The normalized spacial score (nSPS) is 15.2. The second kappa shape index (κ2) is 10.4. The second-order valence-corrected chi connectivity index (χ2v) is 8.78. The van der Waals surface area contributed by atoms with Crippen molar-refractivity contribution in [3.8, 4) is 11.6 Å². The number of hydrazone groups is 1. The number of nitrogens with zero attached hydrogens (tertiary/aromatic N) is 7. The van der Waals surface area contributed by atoms with Crippen LogP contribution in [0.1, 0.15) is 41.5 Å². The Labute approximate surface area is 205 Å². The van der Waals surface area contributed by atoms with E-state index < -0.39 is 5.91 Å². The molecule has 2 aromatic heterocycles. The lowest BCUT2D eigenvalue weighted by Crippen LogP contribution is -2.34. The van der Waals surface area contributed by atoms with Crippen LogP contribution in [0.5, 0.6) is 5.75 Å². The first kappa shape index (κ1) is 23.9. The molecule has 0 bridgehead atoms. The summed E-state index contributed by atoms with van der Waals surface area (Å²) in [6, 6.07) is 3.16. The van der Waals surface area contributed by atoms with Crippen LogP contribution in [0.2, 0.25) is 10.0 Å². The molecule has 0 unspecified atom stereocenters. The fourth-order valence-corrected chi connectivity index (χ4v) is 4.25. The van der Waals surface area contributed by atoms with Gasteiger partial charge in [-0.2, -0.15) is 9.78 Å². The summed E-state index contributed by atoms with van der Waals surface area (Å²) in [5, 5.41) is 20.2. The predicted molar refractivity (Wildman–Crippen MR) is 125 cm³/mol. The van der Waals surface area contributed by atoms with Crippen LogP contribution in [0, 0.1) is 5.92 Å². The van der Waals surface area contributed by atoms with Gasteiger partial charge in [0.2, 0.25) is 11.6 Å². The van der Waals surface area contributed by atoms with Crippen LogP contribution in [-0.4, -0.2) is 62.5 Å². The number of benzene rings is 1. The van der Waals surface area contributed by atoms with Crippen molar-refractivity contribution in [2.45, 2.75) is 26.3 Å². The summed E-state index contributed by atoms with van der Waals surface area (Å²) in [6.07, 6.45) is 3.50. The second-order valence-electron chi connectivity index (χ2n) is 7.94. The Morgan fingerprint density at radius 2 is 2.12 bits per heavy atom. The number of ether oxygens (including phenoxy) is 1. The Morgan fingerprint density at radius 1 is 1.35 bits per heavy atom. The molecule has 180 valence electrons. The standard InChI is InChI=1S/C20H23Cl2N9O3/c1-11-3-5-30(6-4-11)10-15-16(25-29-31(15)19-18(23)27-34-28-19)20(32)26-24-9-12-7-13(21)8-14(22)17(12)33-2/h7-9,11H,3-6,10H2,1-2H3,(H2,23,27)(H,26,32)/b24-9+. The summed E-state index contributed by atoms with van der Waals surface area (Å²) in [4.78, 5) is 15.2. The first-order chi connectivity index (χ1) is 16.4. The minimum absolute atomic E-state index is 0.0355. The predicted octanol–water partition coefficient (Wildman–Crippen LogP) is 2.54. The van der Waals surface area contributed by atoms with Crippen LogP contribution in [0.15, 0.2) is 21.9 Å². The summed E-state index contributed by atoms with van der Waals surface area (Å²) in [5.74, 6) is 0.667. The Balaban J connectivity index is 1.58. The molecule has 3 N–H and O–H groups in total. The number of nitrogens with one attached hydrogen (secondary N) is 1. The van der Waals surface area contributed by atoms with E-state index in [9.17, 15) is 4.79 Å². The summed E-state index contributed by atoms with van der Waals surface area (Å²) in [6.45, 7) is 4.40. The zero-order valence-corrected chi connectivity index (χ0v) is 20.0. The van der Waals surface area contributed by atoms with Crippen LogP contribution in [0.25, 0.3) is 5.82 Å². The molecule has 0 aliphatic carbocycles. The van der Waals surface area contributed by atoms with Gasteiger partial charge in [0, 0.05) is 17.1 Å². The number of carbonyl (C=O) groups excluding carboxylic acids is 1. The maximum Gasteiger partial charge on any atom is 0.293 e. The lowest BCUT2D eigenvalue weighted by molar-refractivity contribution is 0.0946. The Hall–Kier alpha value is -3.22. The Bertz CT molecular complexity index is 1200. The van der Waals surface area contributed by atoms with E-state index in [1.54, 1.807) is 12.1 Å². The van der Waals surface area contributed by atoms with E-state index in [0.717, 1.165) is 25.9 Å². The van der Waals surface area contributed by atoms with Gasteiger partial charge in [0.05, 0.1) is 24.0 Å². The van der Waals surface area contributed by atoms with Gasteiger partial charge in [-0.3, -0.25) is 9.69 Å². The molecule has 1 saturated heterocycles. The summed E-state index contributed by atoms with van der Waals surface area (Å²) >= 11 is 12.2. The number of likely N-dealkylation sites (tertiary alicyclic amines) is 1. The largest absolute Gasteiger partial charge is 0.495 e. The molecule has 1 aromatic carbocycles. The maximum absolute atomic E-state index is 13.0. The third kappa shape index (κ3) is 5.13. The zero-order valence-electron chi connectivity index (χ0n) is 18.5. The van der Waals surface area contributed by atoms with Crippen molar-refractivity contribution in [3.05, 3.63) is 39.1 Å². The monoisotopic (exact) mass is 507 g/mol. The fraction of sp³-hybridized carbons (Fsp3) is 0.400. The first-order valence-corrected chi connectivity index (χ1v) is 11.2. The van der Waals surface area contributed by atoms with E-state index in [2.05, 4.69) is 43.0 Å². The van der Waals surface area contributed by atoms with Crippen molar-refractivity contribution in [1.82, 2.24) is 35.6 Å². The quantitative estimate of drug-likeness (QED) is 0.363. The van der Waals surface area contributed by atoms with E-state index in [1.807, 2.05) is 0 Å². The number of hydrogen-bond donors (Lipinski definition) is 2. The highest BCUT2D eigenvalue weighted by Gasteiger charge is 2.26. The SMILES string of the molecule is COc1c(Cl)cc(Cl)cc1/C=N/NC(=O)c1nnn(-c2nonc2N)c1CN1CCC(C)CC1. The van der Waals surface area contributed by atoms with Crippen molar-refractivity contribution in [2.75, 3.05) is 25.9 Å². The fourth-order valence-electron chi connectivity index (χ4n) is 3.66. The van der Waals surface area contributed by atoms with E-state index in [4.69, 9.17) is 38.3 Å². The molecule has 12 nitrogen and oxygen atoms in total. The zero-order chi connectivity index (χ0) is 24.2. The van der Waals surface area contributed by atoms with Crippen molar-refractivity contribution < 1.29 is 14.2 Å². The topological polar surface area (TPSA) is 150 Å². The third-order valence-electron chi connectivity index (χ3n) is 5.54. The molecule has 3 aromatic rings. The average Bonchev–Trinajstić information content (AvgIpc) is 3.40. The van der Waals surface area contributed by atoms with Gasteiger partial charge in [-0.25, -0.2) is 10.1 Å². The Kier molecular flexibility index (Phi) is 7.29. The molecule has 0 saturated carbocycles. The van der Waals surface area contributed by atoms with Crippen LogP contribution in [-0.2, 0) is 6.54 Å². The van der Waals surface area contributed by atoms with Crippen molar-refractivity contribution in [1.29, 1.82) is 0 Å². The van der Waals surface area contributed by atoms with Crippen LogP contribution >= 0.6 is 23.2 Å². The van der Waals surface area contributed by atoms with Gasteiger partial charge < -0.3 is 10.5 Å². The molecule has 1 fully saturated rings. The smallest absolute Gasteiger partial charge is 0.293 e. The van der Waals surface area contributed by atoms with Crippen molar-refractivity contribution in [2.24, 2.45) is 11.0 Å². The number of amides is 1. The van der Waals surface area contributed by atoms with Gasteiger partial charge in [0.15, 0.2) is 5.69 Å². The number of piperidine rings is 1. The first-order valence-electron chi connectivity index (χ1n) is 10.5. The van der Waals surface area contributed by atoms with E-state index >= 15 is 0 Å². The Morgan fingerprint density at radius 3 is 2.79 bits per heavy atom. The highest BCUT2D eigenvalue weighted by molar-refractivity contribution is 6.36. The molecule has 3 heterocycles. The molecule has 14 heteroatoms. The number of hydrogen-bond acceptors (Lipinski definition) is 10. The van der Waals surface area contributed by atoms with Crippen molar-refractivity contribution in [3.63, 3.8) is 0 Å². The minimum atomic E-state index is -0.565. The summed E-state index contributed by atoms with van der Waals surface area (Å²) < 4.78 is 11.3. The number of aromatic nitrogens is 5. The number of methoxy groups -OCH3 is 1. The summed E-state index contributed by atoms with van der Waals surface area (Å²) in [7, 11) is 1.47. The van der Waals surface area contributed by atoms with Gasteiger partial charge in [-0.15, -0.1) is 5.10 Å². The number of nitrogen functional groups attached to an aromatic ring is 1. The lowest BCUT2D eigenvalue weighted by atomic mass is 9.99. The maximum atomic E-state index is 13.0. The summed E-state index contributed by atoms with van der Waals surface area (Å²) in [5.41, 5.74) is 9.37. The highest BCUT2D eigenvalue weighted by atomic mass is 35.5. The van der Waals surface area contributed by atoms with E-state index in [0.29, 0.717) is 39.5 Å². The van der Waals surface area contributed by atoms with E-state index in [-0.39, 0.29) is 17.3 Å². The molecule has 1 aliphatic rings. The molecule has 4 rings (SSSR count). The number of halogens is 2. The molecule has 0 atom stereocenters. The van der Waals surface area contributed by atoms with Crippen LogP contribution < -0.4 is 15.9 Å². The highest BCUT2D eigenvalue weighted by Crippen LogP contribution is 2.31. The van der Waals surface area contributed by atoms with Gasteiger partial charge in [0.1, 0.15) is 5.75 Å². The molecule has 0 radical (unpaired) electrons. The molecule has 1 aliphatic heterocycles. The molecule has 1 amide bonds. The molecular formula is C20H23Cl2N9O3. The number of carbonyl (C=O) groups is 1. The number of nitrogens with two attached hydrogens (primary N) is 1. The number of anilines is 1. The lowest BCUT2D eigenvalue weighted by Gasteiger charge is -2.30.